The summed E-state index contributed by atoms with van der Waals surface area (Å²) in [5.74, 6) is 0. The van der Waals surface area contributed by atoms with Crippen molar-refractivity contribution in [3.8, 4) is 12.1 Å². The fourth-order valence-corrected chi connectivity index (χ4v) is 2.22. The van der Waals surface area contributed by atoms with Crippen molar-refractivity contribution in [3.63, 3.8) is 0 Å². The van der Waals surface area contributed by atoms with Crippen molar-refractivity contribution in [2.75, 3.05) is 14.2 Å². The summed E-state index contributed by atoms with van der Waals surface area (Å²) in [6.07, 6.45) is 0.761. The van der Waals surface area contributed by atoms with Crippen molar-refractivity contribution in [1.29, 1.82) is 10.5 Å². The van der Waals surface area contributed by atoms with Crippen molar-refractivity contribution >= 4 is 0 Å². The number of nitrogens with zero attached hydrogens (tertiary/aromatic N) is 4. The Balaban J connectivity index is 0. The average Bonchev–Trinajstić information content (AvgIpc) is 2.54. The van der Waals surface area contributed by atoms with Crippen LogP contribution >= 0.6 is 0 Å². The standard InChI is InChI=1S/C16H28N4O2.H2O2/c1-13(2,21-7)9-15(5,11-17)19-20-16(6,12-18)10-14(3,4)22-8;1-2/h9-10H2,1-8H3;1-2H. The van der Waals surface area contributed by atoms with Gasteiger partial charge in [0.1, 0.15) is 0 Å². The van der Waals surface area contributed by atoms with Gasteiger partial charge in [0.25, 0.3) is 0 Å². The van der Waals surface area contributed by atoms with Crippen LogP contribution in [0, 0.1) is 22.7 Å². The Bertz CT molecular complexity index is 449. The van der Waals surface area contributed by atoms with Gasteiger partial charge in [-0.2, -0.15) is 20.8 Å². The van der Waals surface area contributed by atoms with E-state index in [2.05, 4.69) is 22.4 Å². The summed E-state index contributed by atoms with van der Waals surface area (Å²) in [5, 5.41) is 39.2. The fraction of sp³-hybridized carbons (Fsp3) is 0.875. The summed E-state index contributed by atoms with van der Waals surface area (Å²) in [5.41, 5.74) is -3.10. The first-order valence-electron chi connectivity index (χ1n) is 7.43. The van der Waals surface area contributed by atoms with Gasteiger partial charge in [0.15, 0.2) is 11.1 Å². The molecule has 0 aliphatic carbocycles. The summed E-state index contributed by atoms with van der Waals surface area (Å²) in [6, 6.07) is 4.32. The van der Waals surface area contributed by atoms with Gasteiger partial charge in [-0.25, -0.2) is 0 Å². The van der Waals surface area contributed by atoms with E-state index in [0.717, 1.165) is 0 Å². The van der Waals surface area contributed by atoms with E-state index in [-0.39, 0.29) is 0 Å². The number of ether oxygens (including phenoxy) is 2. The molecule has 0 bridgehead atoms. The van der Waals surface area contributed by atoms with Crippen molar-refractivity contribution < 1.29 is 20.0 Å². The van der Waals surface area contributed by atoms with E-state index in [0.29, 0.717) is 12.8 Å². The first-order valence-corrected chi connectivity index (χ1v) is 7.43. The van der Waals surface area contributed by atoms with E-state index < -0.39 is 22.3 Å². The van der Waals surface area contributed by atoms with Crippen LogP contribution in [0.3, 0.4) is 0 Å². The van der Waals surface area contributed by atoms with Gasteiger partial charge in [0.05, 0.1) is 23.3 Å². The van der Waals surface area contributed by atoms with Gasteiger partial charge in [-0.15, -0.1) is 0 Å². The number of methoxy groups -OCH3 is 2. The SMILES string of the molecule is COC(C)(C)CC(C)(C#N)N=NC(C)(C#N)CC(C)(C)OC.OO. The molecule has 0 aliphatic rings. The number of hydrogen-bond acceptors (Lipinski definition) is 8. The number of rotatable bonds is 8. The van der Waals surface area contributed by atoms with Crippen LogP contribution in [-0.2, 0) is 9.47 Å². The molecule has 0 amide bonds. The van der Waals surface area contributed by atoms with Gasteiger partial charge < -0.3 is 9.47 Å². The highest BCUT2D eigenvalue weighted by Gasteiger charge is 2.36. The highest BCUT2D eigenvalue weighted by molar-refractivity contribution is 5.10. The van der Waals surface area contributed by atoms with Gasteiger partial charge in [-0.1, -0.05) is 0 Å². The first kappa shape index (κ1) is 24.7. The van der Waals surface area contributed by atoms with Crippen LogP contribution < -0.4 is 0 Å². The molecule has 0 aromatic rings. The van der Waals surface area contributed by atoms with E-state index in [9.17, 15) is 10.5 Å². The Hall–Kier alpha value is -1.58. The Morgan fingerprint density at radius 2 is 1.00 bits per heavy atom. The molecule has 8 nitrogen and oxygen atoms in total. The lowest BCUT2D eigenvalue weighted by molar-refractivity contribution is -0.176. The second kappa shape index (κ2) is 9.65. The summed E-state index contributed by atoms with van der Waals surface area (Å²) in [6.45, 7) is 10.9. The van der Waals surface area contributed by atoms with Crippen LogP contribution in [0.4, 0.5) is 0 Å². The van der Waals surface area contributed by atoms with Crippen molar-refractivity contribution in [1.82, 2.24) is 0 Å². The second-order valence-corrected chi connectivity index (χ2v) is 7.25. The molecule has 0 heterocycles. The molecular formula is C16H30N4O4. The quantitative estimate of drug-likeness (QED) is 0.393. The molecule has 0 saturated carbocycles. The van der Waals surface area contributed by atoms with E-state index in [1.807, 2.05) is 27.7 Å². The zero-order chi connectivity index (χ0) is 19.7. The average molecular weight is 342 g/mol. The molecule has 0 fully saturated rings. The summed E-state index contributed by atoms with van der Waals surface area (Å²) >= 11 is 0. The first-order chi connectivity index (χ1) is 10.9. The van der Waals surface area contributed by atoms with Crippen LogP contribution in [0.5, 0.6) is 0 Å². The lowest BCUT2D eigenvalue weighted by Crippen LogP contribution is -2.37. The maximum Gasteiger partial charge on any atom is 0.167 e. The lowest BCUT2D eigenvalue weighted by Gasteiger charge is -2.31. The Morgan fingerprint density at radius 3 is 1.17 bits per heavy atom. The van der Waals surface area contributed by atoms with Crippen LogP contribution in [0.2, 0.25) is 0 Å². The summed E-state index contributed by atoms with van der Waals surface area (Å²) in [7, 11) is 3.19. The topological polar surface area (TPSA) is 131 Å². The van der Waals surface area contributed by atoms with Gasteiger partial charge in [-0.3, -0.25) is 10.5 Å². The maximum atomic E-state index is 9.43. The van der Waals surface area contributed by atoms with Crippen molar-refractivity contribution in [2.24, 2.45) is 10.2 Å². The molecule has 2 unspecified atom stereocenters. The molecule has 0 saturated heterocycles. The minimum Gasteiger partial charge on any atom is -0.379 e. The second-order valence-electron chi connectivity index (χ2n) is 7.25. The van der Waals surface area contributed by atoms with E-state index in [4.69, 9.17) is 20.0 Å². The number of nitriles is 2. The van der Waals surface area contributed by atoms with Crippen LogP contribution in [-0.4, -0.2) is 47.0 Å². The Labute approximate surface area is 144 Å². The molecule has 8 heteroatoms. The molecule has 0 rings (SSSR count). The molecule has 0 aromatic carbocycles. The third-order valence-corrected chi connectivity index (χ3v) is 3.62. The Morgan fingerprint density at radius 1 is 0.750 bits per heavy atom. The minimum atomic E-state index is -1.05. The van der Waals surface area contributed by atoms with E-state index >= 15 is 0 Å². The van der Waals surface area contributed by atoms with Crippen molar-refractivity contribution in [2.45, 2.75) is 76.7 Å². The molecule has 2 atom stereocenters. The molecule has 0 radical (unpaired) electrons. The third kappa shape index (κ3) is 8.90. The lowest BCUT2D eigenvalue weighted by atomic mass is 9.88. The van der Waals surface area contributed by atoms with Crippen LogP contribution in [0.15, 0.2) is 10.2 Å². The maximum absolute atomic E-state index is 9.43. The molecule has 0 aliphatic heterocycles. The van der Waals surface area contributed by atoms with Crippen LogP contribution in [0.1, 0.15) is 54.4 Å². The monoisotopic (exact) mass is 342 g/mol. The molecule has 138 valence electrons. The number of azo groups is 1. The van der Waals surface area contributed by atoms with Crippen LogP contribution in [0.25, 0.3) is 0 Å². The van der Waals surface area contributed by atoms with E-state index in [1.165, 1.54) is 0 Å². The smallest absolute Gasteiger partial charge is 0.167 e. The summed E-state index contributed by atoms with van der Waals surface area (Å²) < 4.78 is 10.7. The predicted molar refractivity (Wildman–Crippen MR) is 89.6 cm³/mol. The fourth-order valence-electron chi connectivity index (χ4n) is 2.22. The van der Waals surface area contributed by atoms with Gasteiger partial charge in [-0.05, 0) is 41.5 Å². The number of hydrogen-bond donors (Lipinski definition) is 2. The summed E-state index contributed by atoms with van der Waals surface area (Å²) in [4.78, 5) is 0. The van der Waals surface area contributed by atoms with Gasteiger partial charge in [0.2, 0.25) is 0 Å². The Kier molecular flexibility index (Phi) is 9.92. The normalized spacial score (nSPS) is 17.0. The third-order valence-electron chi connectivity index (χ3n) is 3.62. The molecular weight excluding hydrogens is 312 g/mol. The van der Waals surface area contributed by atoms with Gasteiger partial charge in [0, 0.05) is 27.1 Å². The van der Waals surface area contributed by atoms with Crippen molar-refractivity contribution in [3.05, 3.63) is 0 Å². The zero-order valence-corrected chi connectivity index (χ0v) is 15.9. The minimum absolute atomic E-state index is 0.381. The highest BCUT2D eigenvalue weighted by Crippen LogP contribution is 2.30. The van der Waals surface area contributed by atoms with Gasteiger partial charge >= 0.3 is 0 Å². The van der Waals surface area contributed by atoms with E-state index in [1.54, 1.807) is 28.1 Å². The molecule has 2 N–H and O–H groups in total. The highest BCUT2D eigenvalue weighted by atomic mass is 17.0. The zero-order valence-electron chi connectivity index (χ0n) is 15.9. The predicted octanol–water partition coefficient (Wildman–Crippen LogP) is 3.65. The molecule has 24 heavy (non-hydrogen) atoms. The molecule has 0 aromatic heterocycles. The molecule has 0 spiro atoms. The largest absolute Gasteiger partial charge is 0.379 e.